The number of likely N-dealkylation sites (tertiary alicyclic amines) is 1. The van der Waals surface area contributed by atoms with Crippen molar-refractivity contribution >= 4 is 11.9 Å². The third-order valence-corrected chi connectivity index (χ3v) is 5.72. The monoisotopic (exact) mass is 402 g/mol. The number of benzene rings is 1. The van der Waals surface area contributed by atoms with Gasteiger partial charge in [-0.1, -0.05) is 25.0 Å². The fourth-order valence-electron chi connectivity index (χ4n) is 4.11. The molecule has 0 aromatic heterocycles. The Morgan fingerprint density at radius 3 is 2.66 bits per heavy atom. The molecule has 7 nitrogen and oxygen atoms in total. The number of amides is 1. The van der Waals surface area contributed by atoms with E-state index < -0.39 is 0 Å². The third-order valence-electron chi connectivity index (χ3n) is 5.72. The summed E-state index contributed by atoms with van der Waals surface area (Å²) in [6.45, 7) is 4.19. The Labute approximate surface area is 173 Å². The average Bonchev–Trinajstić information content (AvgIpc) is 3.43. The number of guanidine groups is 1. The first-order valence-electron chi connectivity index (χ1n) is 10.7. The van der Waals surface area contributed by atoms with Gasteiger partial charge < -0.3 is 25.0 Å². The number of hydrogen-bond acceptors (Lipinski definition) is 4. The van der Waals surface area contributed by atoms with E-state index in [0.29, 0.717) is 12.5 Å². The zero-order valence-electron chi connectivity index (χ0n) is 17.8. The lowest BCUT2D eigenvalue weighted by Crippen LogP contribution is -2.47. The van der Waals surface area contributed by atoms with Gasteiger partial charge in [0, 0.05) is 32.1 Å². The van der Waals surface area contributed by atoms with Crippen LogP contribution < -0.4 is 20.1 Å². The molecule has 0 spiro atoms. The molecule has 2 aliphatic rings. The second-order valence-corrected chi connectivity index (χ2v) is 7.93. The van der Waals surface area contributed by atoms with E-state index in [0.717, 1.165) is 49.8 Å². The van der Waals surface area contributed by atoms with Crippen molar-refractivity contribution in [1.29, 1.82) is 0 Å². The fourth-order valence-corrected chi connectivity index (χ4v) is 4.11. The molecule has 1 aliphatic heterocycles. The Hall–Kier alpha value is -2.44. The van der Waals surface area contributed by atoms with Gasteiger partial charge in [-0.05, 0) is 38.3 Å². The van der Waals surface area contributed by atoms with Gasteiger partial charge in [0.2, 0.25) is 5.91 Å². The van der Waals surface area contributed by atoms with Gasteiger partial charge in [0.15, 0.2) is 17.5 Å². The predicted molar refractivity (Wildman–Crippen MR) is 115 cm³/mol. The van der Waals surface area contributed by atoms with E-state index in [9.17, 15) is 4.79 Å². The molecule has 1 aliphatic carbocycles. The largest absolute Gasteiger partial charge is 0.493 e. The molecule has 1 saturated carbocycles. The first-order chi connectivity index (χ1) is 14.1. The van der Waals surface area contributed by atoms with Crippen LogP contribution in [-0.4, -0.2) is 62.7 Å². The lowest BCUT2D eigenvalue weighted by Gasteiger charge is -2.22. The molecule has 2 unspecified atom stereocenters. The van der Waals surface area contributed by atoms with Crippen LogP contribution in [0.2, 0.25) is 0 Å². The second-order valence-electron chi connectivity index (χ2n) is 7.93. The lowest BCUT2D eigenvalue weighted by atomic mass is 10.1. The molecule has 1 amide bonds. The highest BCUT2D eigenvalue weighted by Gasteiger charge is 2.32. The first-order valence-corrected chi connectivity index (χ1v) is 10.7. The molecule has 1 aromatic carbocycles. The van der Waals surface area contributed by atoms with Crippen LogP contribution in [0.1, 0.15) is 39.0 Å². The standard InChI is InChI=1S/C22H34N4O3/c1-16(29-20-11-7-6-10-19(20)28-3)14-24-22(23-2)25-18-12-13-26(15-18)21(27)17-8-4-5-9-17/h6-7,10-11,16-18H,4-5,8-9,12-15H2,1-3H3,(H2,23,24,25). The molecule has 2 atom stereocenters. The van der Waals surface area contributed by atoms with Crippen molar-refractivity contribution in [3.05, 3.63) is 24.3 Å². The molecule has 1 aromatic rings. The summed E-state index contributed by atoms with van der Waals surface area (Å²) < 4.78 is 11.3. The van der Waals surface area contributed by atoms with Crippen molar-refractivity contribution in [3.63, 3.8) is 0 Å². The molecule has 160 valence electrons. The van der Waals surface area contributed by atoms with Crippen molar-refractivity contribution < 1.29 is 14.3 Å². The van der Waals surface area contributed by atoms with Gasteiger partial charge >= 0.3 is 0 Å². The first kappa shape index (κ1) is 21.3. The molecule has 1 saturated heterocycles. The van der Waals surface area contributed by atoms with Crippen LogP contribution >= 0.6 is 0 Å². The molecule has 3 rings (SSSR count). The number of ether oxygens (including phenoxy) is 2. The second kappa shape index (κ2) is 10.4. The van der Waals surface area contributed by atoms with E-state index >= 15 is 0 Å². The van der Waals surface area contributed by atoms with Crippen molar-refractivity contribution in [3.8, 4) is 11.5 Å². The molecule has 29 heavy (non-hydrogen) atoms. The minimum absolute atomic E-state index is 0.0612. The van der Waals surface area contributed by atoms with Gasteiger partial charge in [0.25, 0.3) is 0 Å². The van der Waals surface area contributed by atoms with Crippen LogP contribution in [0, 0.1) is 5.92 Å². The summed E-state index contributed by atoms with van der Waals surface area (Å²) in [6.07, 6.45) is 5.39. The van der Waals surface area contributed by atoms with E-state index in [2.05, 4.69) is 15.6 Å². The van der Waals surface area contributed by atoms with E-state index in [1.807, 2.05) is 36.1 Å². The van der Waals surface area contributed by atoms with E-state index in [1.165, 1.54) is 12.8 Å². The maximum Gasteiger partial charge on any atom is 0.225 e. The summed E-state index contributed by atoms with van der Waals surface area (Å²) in [5, 5.41) is 6.77. The molecular weight excluding hydrogens is 368 g/mol. The normalized spacial score (nSPS) is 21.1. The number of carbonyl (C=O) groups is 1. The molecule has 2 N–H and O–H groups in total. The van der Waals surface area contributed by atoms with Crippen molar-refractivity contribution in [2.75, 3.05) is 33.8 Å². The number of rotatable bonds is 7. The highest BCUT2D eigenvalue weighted by Crippen LogP contribution is 2.28. The lowest BCUT2D eigenvalue weighted by molar-refractivity contribution is -0.134. The minimum atomic E-state index is -0.0612. The predicted octanol–water partition coefficient (Wildman–Crippen LogP) is 2.42. The van der Waals surface area contributed by atoms with Gasteiger partial charge in [-0.15, -0.1) is 0 Å². The Balaban J connectivity index is 1.43. The number of hydrogen-bond donors (Lipinski definition) is 2. The Morgan fingerprint density at radius 2 is 1.97 bits per heavy atom. The molecular formula is C22H34N4O3. The Bertz CT molecular complexity index is 703. The SMILES string of the molecule is CN=C(NCC(C)Oc1ccccc1OC)NC1CCN(C(=O)C2CCCC2)C1. The third kappa shape index (κ3) is 5.78. The highest BCUT2D eigenvalue weighted by molar-refractivity contribution is 5.81. The number of nitrogens with zero attached hydrogens (tertiary/aromatic N) is 2. The summed E-state index contributed by atoms with van der Waals surface area (Å²) in [5.74, 6) is 2.78. The fraction of sp³-hybridized carbons (Fsp3) is 0.636. The molecule has 7 heteroatoms. The van der Waals surface area contributed by atoms with Crippen LogP contribution in [-0.2, 0) is 4.79 Å². The number of carbonyl (C=O) groups excluding carboxylic acids is 1. The maximum atomic E-state index is 12.6. The number of methoxy groups -OCH3 is 1. The zero-order valence-corrected chi connectivity index (χ0v) is 17.8. The van der Waals surface area contributed by atoms with Gasteiger partial charge in [0.05, 0.1) is 13.7 Å². The molecule has 0 bridgehead atoms. The molecule has 0 radical (unpaired) electrons. The number of aliphatic imine (C=N–C) groups is 1. The summed E-state index contributed by atoms with van der Waals surface area (Å²) in [7, 11) is 3.40. The summed E-state index contributed by atoms with van der Waals surface area (Å²) >= 11 is 0. The smallest absolute Gasteiger partial charge is 0.225 e. The highest BCUT2D eigenvalue weighted by atomic mass is 16.5. The number of nitrogens with one attached hydrogen (secondary N) is 2. The summed E-state index contributed by atoms with van der Waals surface area (Å²) in [6, 6.07) is 7.86. The average molecular weight is 403 g/mol. The Kier molecular flexibility index (Phi) is 7.61. The van der Waals surface area contributed by atoms with Crippen molar-refractivity contribution in [2.24, 2.45) is 10.9 Å². The van der Waals surface area contributed by atoms with Crippen molar-refractivity contribution in [1.82, 2.24) is 15.5 Å². The van der Waals surface area contributed by atoms with Gasteiger partial charge in [-0.2, -0.15) is 0 Å². The van der Waals surface area contributed by atoms with E-state index in [1.54, 1.807) is 14.2 Å². The minimum Gasteiger partial charge on any atom is -0.493 e. The van der Waals surface area contributed by atoms with Crippen LogP contribution in [0.15, 0.2) is 29.3 Å². The van der Waals surface area contributed by atoms with Crippen LogP contribution in [0.4, 0.5) is 0 Å². The topological polar surface area (TPSA) is 75.2 Å². The molecule has 2 fully saturated rings. The van der Waals surface area contributed by atoms with Gasteiger partial charge in [-0.3, -0.25) is 9.79 Å². The van der Waals surface area contributed by atoms with Crippen molar-refractivity contribution in [2.45, 2.75) is 51.2 Å². The summed E-state index contributed by atoms with van der Waals surface area (Å²) in [4.78, 5) is 19.0. The van der Waals surface area contributed by atoms with Crippen LogP contribution in [0.25, 0.3) is 0 Å². The van der Waals surface area contributed by atoms with Gasteiger partial charge in [0.1, 0.15) is 6.10 Å². The van der Waals surface area contributed by atoms with Crippen LogP contribution in [0.3, 0.4) is 0 Å². The molecule has 1 heterocycles. The maximum absolute atomic E-state index is 12.6. The number of para-hydroxylation sites is 2. The Morgan fingerprint density at radius 1 is 1.24 bits per heavy atom. The van der Waals surface area contributed by atoms with Gasteiger partial charge in [-0.25, -0.2) is 0 Å². The van der Waals surface area contributed by atoms with Crippen LogP contribution in [0.5, 0.6) is 11.5 Å². The zero-order chi connectivity index (χ0) is 20.6. The summed E-state index contributed by atoms with van der Waals surface area (Å²) in [5.41, 5.74) is 0. The van der Waals surface area contributed by atoms with E-state index in [4.69, 9.17) is 9.47 Å². The van der Waals surface area contributed by atoms with E-state index in [-0.39, 0.29) is 18.1 Å². The quantitative estimate of drug-likeness (QED) is 0.541.